The predicted octanol–water partition coefficient (Wildman–Crippen LogP) is 1.44. The molecule has 6 nitrogen and oxygen atoms in total. The van der Waals surface area contributed by atoms with Crippen molar-refractivity contribution < 1.29 is 18.3 Å². The summed E-state index contributed by atoms with van der Waals surface area (Å²) in [6.07, 6.45) is 1.56. The van der Waals surface area contributed by atoms with Crippen molar-refractivity contribution in [1.29, 1.82) is 5.26 Å². The van der Waals surface area contributed by atoms with Crippen LogP contribution in [-0.2, 0) is 14.8 Å². The van der Waals surface area contributed by atoms with Gasteiger partial charge in [0.1, 0.15) is 0 Å². The summed E-state index contributed by atoms with van der Waals surface area (Å²) in [6, 6.07) is 1.82. The van der Waals surface area contributed by atoms with Crippen LogP contribution in [0.5, 0.6) is 0 Å². The summed E-state index contributed by atoms with van der Waals surface area (Å²) in [5.74, 6) is -1.16. The van der Waals surface area contributed by atoms with Crippen LogP contribution in [-0.4, -0.2) is 42.1 Å². The first-order valence-electron chi connectivity index (χ1n) is 6.79. The highest BCUT2D eigenvalue weighted by Crippen LogP contribution is 2.35. The van der Waals surface area contributed by atoms with Crippen molar-refractivity contribution in [3.8, 4) is 6.07 Å². The van der Waals surface area contributed by atoms with Crippen LogP contribution >= 0.6 is 0 Å². The molecule has 0 amide bonds. The first-order valence-corrected chi connectivity index (χ1v) is 8.30. The van der Waals surface area contributed by atoms with Gasteiger partial charge in [-0.25, -0.2) is 12.7 Å². The van der Waals surface area contributed by atoms with E-state index in [0.29, 0.717) is 19.4 Å². The van der Waals surface area contributed by atoms with Crippen LogP contribution in [0, 0.1) is 22.7 Å². The number of hydrogen-bond acceptors (Lipinski definition) is 4. The molecule has 0 aromatic rings. The van der Waals surface area contributed by atoms with Crippen molar-refractivity contribution in [2.45, 2.75) is 45.3 Å². The molecule has 2 atom stereocenters. The number of sulfonamides is 1. The second kappa shape index (κ2) is 6.10. The number of carbonyl (C=O) groups is 1. The topological polar surface area (TPSA) is 98.5 Å². The lowest BCUT2D eigenvalue weighted by Gasteiger charge is -2.39. The number of aliphatic carboxylic acids is 1. The number of carboxylic acids is 1. The van der Waals surface area contributed by atoms with Crippen LogP contribution in [0.4, 0.5) is 0 Å². The molecule has 20 heavy (non-hydrogen) atoms. The second-order valence-electron chi connectivity index (χ2n) is 5.79. The summed E-state index contributed by atoms with van der Waals surface area (Å²) in [5, 5.41) is 17.2. The number of nitriles is 1. The highest BCUT2D eigenvalue weighted by molar-refractivity contribution is 7.90. The molecule has 7 heteroatoms. The molecule has 2 unspecified atom stereocenters. The summed E-state index contributed by atoms with van der Waals surface area (Å²) in [6.45, 7) is 5.45. The standard InChI is InChI=1S/C13H22N2O4S/c1-4-11(8-14)20(18,19)15-7-5-6-10(9-15)13(2,3)12(16)17/h10-11H,4-7,9H2,1-3H3,(H,16,17). The molecule has 0 radical (unpaired) electrons. The SMILES string of the molecule is CCC(C#N)S(=O)(=O)N1CCCC(C(C)(C)C(=O)O)C1. The molecular weight excluding hydrogens is 280 g/mol. The van der Waals surface area contributed by atoms with Gasteiger partial charge < -0.3 is 5.11 Å². The van der Waals surface area contributed by atoms with Gasteiger partial charge in [-0.2, -0.15) is 5.26 Å². The zero-order valence-electron chi connectivity index (χ0n) is 12.2. The lowest BCUT2D eigenvalue weighted by Crippen LogP contribution is -2.49. The third kappa shape index (κ3) is 3.13. The Morgan fingerprint density at radius 1 is 1.55 bits per heavy atom. The average molecular weight is 302 g/mol. The van der Waals surface area contributed by atoms with Crippen LogP contribution in [0.1, 0.15) is 40.0 Å². The van der Waals surface area contributed by atoms with Crippen molar-refractivity contribution in [3.05, 3.63) is 0 Å². The highest BCUT2D eigenvalue weighted by atomic mass is 32.2. The molecule has 114 valence electrons. The van der Waals surface area contributed by atoms with Gasteiger partial charge in [0, 0.05) is 13.1 Å². The van der Waals surface area contributed by atoms with E-state index in [0.717, 1.165) is 0 Å². The fourth-order valence-electron chi connectivity index (χ4n) is 2.49. The molecule has 0 aliphatic carbocycles. The Hall–Kier alpha value is -1.13. The minimum atomic E-state index is -3.66. The minimum absolute atomic E-state index is 0.180. The number of hydrogen-bond donors (Lipinski definition) is 1. The first kappa shape index (κ1) is 16.9. The molecule has 1 N–H and O–H groups in total. The fraction of sp³-hybridized carbons (Fsp3) is 0.846. The Kier molecular flexibility index (Phi) is 5.16. The van der Waals surface area contributed by atoms with Crippen molar-refractivity contribution in [1.82, 2.24) is 4.31 Å². The van der Waals surface area contributed by atoms with Crippen LogP contribution in [0.15, 0.2) is 0 Å². The van der Waals surface area contributed by atoms with Crippen LogP contribution < -0.4 is 0 Å². The van der Waals surface area contributed by atoms with Gasteiger partial charge in [0.05, 0.1) is 11.5 Å². The van der Waals surface area contributed by atoms with Gasteiger partial charge >= 0.3 is 5.97 Å². The van der Waals surface area contributed by atoms with E-state index in [2.05, 4.69) is 0 Å². The van der Waals surface area contributed by atoms with Crippen molar-refractivity contribution in [2.75, 3.05) is 13.1 Å². The lowest BCUT2D eigenvalue weighted by atomic mass is 9.75. The largest absolute Gasteiger partial charge is 0.481 e. The van der Waals surface area contributed by atoms with E-state index in [1.807, 2.05) is 6.07 Å². The van der Waals surface area contributed by atoms with Crippen molar-refractivity contribution in [2.24, 2.45) is 11.3 Å². The molecular formula is C13H22N2O4S. The summed E-state index contributed by atoms with van der Waals surface area (Å²) >= 11 is 0. The van der Waals surface area contributed by atoms with Gasteiger partial charge in [0.15, 0.2) is 5.25 Å². The molecule has 1 aliphatic rings. The van der Waals surface area contributed by atoms with E-state index in [1.165, 1.54) is 4.31 Å². The number of piperidine rings is 1. The highest BCUT2D eigenvalue weighted by Gasteiger charge is 2.42. The Labute approximate surface area is 120 Å². The Balaban J connectivity index is 2.96. The van der Waals surface area contributed by atoms with Gasteiger partial charge in [-0.15, -0.1) is 0 Å². The Bertz CT molecular complexity index is 507. The average Bonchev–Trinajstić information content (AvgIpc) is 2.39. The molecule has 0 spiro atoms. The zero-order valence-corrected chi connectivity index (χ0v) is 13.0. The maximum Gasteiger partial charge on any atom is 0.309 e. The van der Waals surface area contributed by atoms with E-state index in [1.54, 1.807) is 20.8 Å². The number of nitrogens with zero attached hydrogens (tertiary/aromatic N) is 2. The van der Waals surface area contributed by atoms with Gasteiger partial charge in [-0.05, 0) is 39.0 Å². The maximum absolute atomic E-state index is 12.3. The van der Waals surface area contributed by atoms with E-state index in [9.17, 15) is 18.3 Å². The van der Waals surface area contributed by atoms with E-state index >= 15 is 0 Å². The van der Waals surface area contributed by atoms with Crippen LogP contribution in [0.2, 0.25) is 0 Å². The maximum atomic E-state index is 12.3. The third-order valence-corrected chi connectivity index (χ3v) is 6.40. The van der Waals surface area contributed by atoms with Crippen LogP contribution in [0.3, 0.4) is 0 Å². The van der Waals surface area contributed by atoms with Crippen molar-refractivity contribution >= 4 is 16.0 Å². The summed E-state index contributed by atoms with van der Waals surface area (Å²) in [5.41, 5.74) is -0.970. The lowest BCUT2D eigenvalue weighted by molar-refractivity contribution is -0.151. The van der Waals surface area contributed by atoms with Crippen molar-refractivity contribution in [3.63, 3.8) is 0 Å². The second-order valence-corrected chi connectivity index (χ2v) is 7.91. The number of rotatable bonds is 5. The first-order chi connectivity index (χ1) is 9.17. The molecule has 0 saturated carbocycles. The summed E-state index contributed by atoms with van der Waals surface area (Å²) in [7, 11) is -3.66. The van der Waals surface area contributed by atoms with Crippen LogP contribution in [0.25, 0.3) is 0 Å². The van der Waals surface area contributed by atoms with E-state index < -0.39 is 26.7 Å². The fourth-order valence-corrected chi connectivity index (χ4v) is 4.17. The molecule has 1 aliphatic heterocycles. The van der Waals surface area contributed by atoms with Gasteiger partial charge in [-0.3, -0.25) is 4.79 Å². The molecule has 1 rings (SSSR count). The molecule has 0 aromatic heterocycles. The zero-order chi connectivity index (χ0) is 15.6. The molecule has 1 saturated heterocycles. The Morgan fingerprint density at radius 3 is 2.60 bits per heavy atom. The third-order valence-electron chi connectivity index (χ3n) is 4.19. The molecule has 1 heterocycles. The molecule has 0 aromatic carbocycles. The summed E-state index contributed by atoms with van der Waals surface area (Å²) in [4.78, 5) is 11.3. The van der Waals surface area contributed by atoms with Gasteiger partial charge in [-0.1, -0.05) is 6.92 Å². The smallest absolute Gasteiger partial charge is 0.309 e. The molecule has 1 fully saturated rings. The predicted molar refractivity (Wildman–Crippen MR) is 74.3 cm³/mol. The normalized spacial score (nSPS) is 23.0. The summed E-state index contributed by atoms with van der Waals surface area (Å²) < 4.78 is 26.0. The molecule has 0 bridgehead atoms. The van der Waals surface area contributed by atoms with Gasteiger partial charge in [0.25, 0.3) is 0 Å². The monoisotopic (exact) mass is 302 g/mol. The van der Waals surface area contributed by atoms with Gasteiger partial charge in [0.2, 0.25) is 10.0 Å². The number of carboxylic acid groups (broad SMARTS) is 1. The van der Waals surface area contributed by atoms with E-state index in [4.69, 9.17) is 5.26 Å². The van der Waals surface area contributed by atoms with E-state index in [-0.39, 0.29) is 18.9 Å². The quantitative estimate of drug-likeness (QED) is 0.828. The minimum Gasteiger partial charge on any atom is -0.481 e. The Morgan fingerprint density at radius 2 is 2.15 bits per heavy atom.